The molecule has 0 saturated carbocycles. The molecule has 0 aliphatic rings. The van der Waals surface area contributed by atoms with Crippen molar-refractivity contribution in [1.82, 2.24) is 0 Å². The van der Waals surface area contributed by atoms with E-state index in [1.165, 1.54) is 0 Å². The molecule has 0 heterocycles. The average molecular weight is 150 g/mol. The lowest BCUT2D eigenvalue weighted by Gasteiger charge is -1.92. The van der Waals surface area contributed by atoms with Crippen LogP contribution in [-0.4, -0.2) is 15.0 Å². The van der Waals surface area contributed by atoms with Crippen molar-refractivity contribution in [2.45, 2.75) is 13.8 Å². The molecule has 9 heavy (non-hydrogen) atoms. The Morgan fingerprint density at radius 2 is 2.22 bits per heavy atom. The summed E-state index contributed by atoms with van der Waals surface area (Å²) in [6.45, 7) is 3.81. The number of rotatable bonds is 3. The molecule has 0 N–H and O–H groups in total. The lowest BCUT2D eigenvalue weighted by molar-refractivity contribution is 0.365. The Kier molecular flexibility index (Phi) is 4.35. The zero-order valence-electron chi connectivity index (χ0n) is 5.46. The highest BCUT2D eigenvalue weighted by Gasteiger charge is 1.87. The summed E-state index contributed by atoms with van der Waals surface area (Å²) in [6, 6.07) is 0. The van der Waals surface area contributed by atoms with Crippen LogP contribution in [0.15, 0.2) is 11.6 Å². The van der Waals surface area contributed by atoms with E-state index in [0.717, 1.165) is 5.57 Å². The molecule has 54 valence electrons. The predicted molar refractivity (Wildman–Crippen MR) is 35.7 cm³/mol. The summed E-state index contributed by atoms with van der Waals surface area (Å²) in [4.78, 5) is 0. The fourth-order valence-corrected chi connectivity index (χ4v) is 0.547. The first-order valence-corrected chi connectivity index (χ1v) is 3.65. The Morgan fingerprint density at radius 3 is 2.56 bits per heavy atom. The molecule has 0 unspecified atom stereocenters. The number of allylic oxidation sites excluding steroid dienone is 1. The normalized spacial score (nSPS) is 12.6. The molecule has 0 aliphatic carbocycles. The van der Waals surface area contributed by atoms with Crippen LogP contribution in [0.2, 0.25) is 0 Å². The largest absolute Gasteiger partial charge is 0.268 e. The van der Waals surface area contributed by atoms with Crippen molar-refractivity contribution < 1.29 is 12.6 Å². The van der Waals surface area contributed by atoms with Crippen LogP contribution in [0.25, 0.3) is 0 Å². The van der Waals surface area contributed by atoms with Gasteiger partial charge in [0.25, 0.3) is 11.0 Å². The quantitative estimate of drug-likeness (QED) is 0.470. The summed E-state index contributed by atoms with van der Waals surface area (Å²) in [6.07, 6.45) is 1.80. The van der Waals surface area contributed by atoms with Gasteiger partial charge in [0.2, 0.25) is 0 Å². The van der Waals surface area contributed by atoms with Crippen molar-refractivity contribution in [2.24, 2.45) is 0 Å². The van der Waals surface area contributed by atoms with E-state index in [1.807, 2.05) is 6.92 Å². The molecular weight excluding hydrogens is 140 g/mol. The molecule has 0 bridgehead atoms. The molecule has 0 fully saturated rings. The van der Waals surface area contributed by atoms with Gasteiger partial charge >= 0.3 is 0 Å². The first-order valence-electron chi connectivity index (χ1n) is 2.56. The molecule has 0 aliphatic heterocycles. The lowest BCUT2D eigenvalue weighted by Crippen LogP contribution is -1.92. The fourth-order valence-electron chi connectivity index (χ4n) is 0.238. The highest BCUT2D eigenvalue weighted by molar-refractivity contribution is 7.67. The van der Waals surface area contributed by atoms with E-state index >= 15 is 0 Å². The van der Waals surface area contributed by atoms with E-state index in [2.05, 4.69) is 4.18 Å². The molecule has 4 heteroatoms. The van der Waals surface area contributed by atoms with E-state index in [-0.39, 0.29) is 6.61 Å². The van der Waals surface area contributed by atoms with Crippen molar-refractivity contribution in [3.63, 3.8) is 0 Å². The molecule has 0 aromatic heterocycles. The van der Waals surface area contributed by atoms with E-state index in [1.54, 1.807) is 13.0 Å². The maximum atomic E-state index is 9.81. The van der Waals surface area contributed by atoms with Crippen LogP contribution in [0.3, 0.4) is 0 Å². The maximum absolute atomic E-state index is 9.81. The molecule has 0 amide bonds. The van der Waals surface area contributed by atoms with E-state index in [9.17, 15) is 8.42 Å². The van der Waals surface area contributed by atoms with Crippen LogP contribution in [0.1, 0.15) is 13.8 Å². The highest BCUT2D eigenvalue weighted by atomic mass is 32.2. The van der Waals surface area contributed by atoms with Gasteiger partial charge in [-0.2, -0.15) is 0 Å². The maximum Gasteiger partial charge on any atom is 0.257 e. The molecule has 0 spiro atoms. The van der Waals surface area contributed by atoms with Crippen molar-refractivity contribution in [2.75, 3.05) is 6.61 Å². The Balaban J connectivity index is 3.52. The zero-order chi connectivity index (χ0) is 7.28. The van der Waals surface area contributed by atoms with Crippen molar-refractivity contribution in [1.29, 1.82) is 0 Å². The van der Waals surface area contributed by atoms with Crippen molar-refractivity contribution in [3.05, 3.63) is 11.6 Å². The Hall–Kier alpha value is -0.350. The summed E-state index contributed by atoms with van der Waals surface area (Å²) in [5.74, 6) is 0. The van der Waals surface area contributed by atoms with Gasteiger partial charge in [-0.05, 0) is 13.8 Å². The first-order chi connectivity index (χ1) is 4.16. The van der Waals surface area contributed by atoms with Gasteiger partial charge in [0.05, 0.1) is 6.61 Å². The fraction of sp³-hybridized carbons (Fsp3) is 0.600. The topological polar surface area (TPSA) is 43.4 Å². The van der Waals surface area contributed by atoms with Gasteiger partial charge in [-0.15, -0.1) is 0 Å². The predicted octanol–water partition coefficient (Wildman–Crippen LogP) is 0.496. The van der Waals surface area contributed by atoms with Crippen LogP contribution in [0, 0.1) is 0 Å². The summed E-state index contributed by atoms with van der Waals surface area (Å²) in [5, 5.41) is 0. The van der Waals surface area contributed by atoms with Gasteiger partial charge in [0, 0.05) is 0 Å². The molecule has 3 nitrogen and oxygen atoms in total. The second kappa shape index (κ2) is 4.52. The highest BCUT2D eigenvalue weighted by Crippen LogP contribution is 1.91. The summed E-state index contributed by atoms with van der Waals surface area (Å²) in [5.41, 5.74) is 0.911. The second-order valence-corrected chi connectivity index (χ2v) is 2.34. The molecule has 0 rings (SSSR count). The van der Waals surface area contributed by atoms with Crippen LogP contribution < -0.4 is 0 Å². The van der Waals surface area contributed by atoms with Gasteiger partial charge in [-0.1, -0.05) is 11.6 Å². The zero-order valence-corrected chi connectivity index (χ0v) is 6.35. The smallest absolute Gasteiger partial charge is 0.257 e. The number of thiol groups is 1. The lowest BCUT2D eigenvalue weighted by atomic mass is 10.3. The Morgan fingerprint density at radius 1 is 1.67 bits per heavy atom. The molecule has 0 aromatic carbocycles. The third-order valence-corrected chi connectivity index (χ3v) is 1.23. The minimum absolute atomic E-state index is 0.176. The molecule has 0 radical (unpaired) electrons. The van der Waals surface area contributed by atoms with E-state index in [0.29, 0.717) is 0 Å². The molecule has 0 atom stereocenters. The van der Waals surface area contributed by atoms with Crippen LogP contribution in [-0.2, 0) is 15.2 Å². The third kappa shape index (κ3) is 5.52. The summed E-state index contributed by atoms with van der Waals surface area (Å²) < 4.78 is 23.9. The van der Waals surface area contributed by atoms with Gasteiger partial charge in [-0.3, -0.25) is 4.18 Å². The second-order valence-electron chi connectivity index (χ2n) is 1.63. The monoisotopic (exact) mass is 150 g/mol. The minimum atomic E-state index is -2.68. The van der Waals surface area contributed by atoms with Crippen molar-refractivity contribution in [3.8, 4) is 0 Å². The van der Waals surface area contributed by atoms with Crippen LogP contribution in [0.5, 0.6) is 0 Å². The molecule has 0 aromatic rings. The van der Waals surface area contributed by atoms with Crippen LogP contribution >= 0.6 is 0 Å². The van der Waals surface area contributed by atoms with Gasteiger partial charge < -0.3 is 0 Å². The van der Waals surface area contributed by atoms with Gasteiger partial charge in [0.1, 0.15) is 0 Å². The first kappa shape index (κ1) is 8.65. The average Bonchev–Trinajstić information content (AvgIpc) is 1.83. The Labute approximate surface area is 56.5 Å². The summed E-state index contributed by atoms with van der Waals surface area (Å²) >= 11 is 0. The summed E-state index contributed by atoms with van der Waals surface area (Å²) in [7, 11) is -2.68. The molecular formula is C5H10O3S. The number of hydrogen-bond donors (Lipinski definition) is 1. The SMILES string of the molecule is C/C=C(\C)CO[SH](=O)=O. The van der Waals surface area contributed by atoms with Crippen LogP contribution in [0.4, 0.5) is 0 Å². The molecule has 0 saturated heterocycles. The van der Waals surface area contributed by atoms with Crippen molar-refractivity contribution >= 4 is 11.0 Å². The third-order valence-electron chi connectivity index (χ3n) is 0.890. The van der Waals surface area contributed by atoms with Gasteiger partial charge in [0.15, 0.2) is 0 Å². The van der Waals surface area contributed by atoms with Gasteiger partial charge in [-0.25, -0.2) is 8.42 Å². The minimum Gasteiger partial charge on any atom is -0.268 e. The number of hydrogen-bond acceptors (Lipinski definition) is 3. The Bertz CT molecular complexity index is 161. The standard InChI is InChI=1S/C5H10O3S/c1-3-5(2)4-8-9(6)7/h3,9H,4H2,1-2H3/b5-3+. The van der Waals surface area contributed by atoms with E-state index in [4.69, 9.17) is 0 Å². The van der Waals surface area contributed by atoms with E-state index < -0.39 is 11.0 Å².